The Morgan fingerprint density at radius 2 is 1.25 bits per heavy atom. The molecule has 0 aliphatic heterocycles. The number of aldehydes is 1. The quantitative estimate of drug-likeness (QED) is 0.255. The Balaban J connectivity index is 3.06. The summed E-state index contributed by atoms with van der Waals surface area (Å²) in [4.78, 5) is 10.2. The summed E-state index contributed by atoms with van der Waals surface area (Å²) in [5.41, 5.74) is 0. The summed E-state index contributed by atoms with van der Waals surface area (Å²) in [6.07, 6.45) is 20.4. The molecule has 0 aliphatic rings. The summed E-state index contributed by atoms with van der Waals surface area (Å²) in [6.45, 7) is 2.26. The Kier molecular flexibility index (Phi) is 15.9. The van der Waals surface area contributed by atoms with E-state index >= 15 is 0 Å². The fraction of sp³-hybridized carbons (Fsp3) is 0.833. The lowest BCUT2D eigenvalue weighted by Crippen LogP contribution is -2.01. The maximum absolute atomic E-state index is 10.2. The Morgan fingerprint density at radius 1 is 0.800 bits per heavy atom. The molecule has 0 aromatic carbocycles. The van der Waals surface area contributed by atoms with Gasteiger partial charge in [-0.1, -0.05) is 89.7 Å². The first-order valence-corrected chi connectivity index (χ1v) is 8.61. The van der Waals surface area contributed by atoms with Gasteiger partial charge in [-0.05, 0) is 12.8 Å². The molecule has 0 fully saturated rings. The molecule has 1 atom stereocenters. The van der Waals surface area contributed by atoms with Crippen LogP contribution in [0.4, 0.5) is 0 Å². The molecule has 0 saturated heterocycles. The highest BCUT2D eigenvalue weighted by molar-refractivity contribution is 5.58. The van der Waals surface area contributed by atoms with Gasteiger partial charge in [0.25, 0.3) is 0 Å². The van der Waals surface area contributed by atoms with Crippen LogP contribution < -0.4 is 0 Å². The SMILES string of the molecule is CCCCCCCCCCCCCC/C=C/C(O)C=O. The van der Waals surface area contributed by atoms with E-state index in [-0.39, 0.29) is 0 Å². The molecule has 2 nitrogen and oxygen atoms in total. The number of carbonyl (C=O) groups excluding carboxylic acids is 1. The highest BCUT2D eigenvalue weighted by atomic mass is 16.3. The Morgan fingerprint density at radius 3 is 1.70 bits per heavy atom. The molecule has 0 aromatic heterocycles. The minimum absolute atomic E-state index is 0.554. The van der Waals surface area contributed by atoms with Crippen LogP contribution in [-0.2, 0) is 4.79 Å². The minimum Gasteiger partial charge on any atom is -0.382 e. The molecule has 1 N–H and O–H groups in total. The predicted molar refractivity (Wildman–Crippen MR) is 86.9 cm³/mol. The van der Waals surface area contributed by atoms with Crippen LogP contribution in [0.1, 0.15) is 90.4 Å². The first-order valence-electron chi connectivity index (χ1n) is 8.61. The van der Waals surface area contributed by atoms with Crippen LogP contribution in [0.3, 0.4) is 0 Å². The van der Waals surface area contributed by atoms with Crippen LogP contribution in [0.25, 0.3) is 0 Å². The normalized spacial score (nSPS) is 12.9. The van der Waals surface area contributed by atoms with E-state index in [9.17, 15) is 4.79 Å². The molecule has 0 aromatic rings. The number of rotatable bonds is 15. The average molecular weight is 282 g/mol. The van der Waals surface area contributed by atoms with Crippen LogP contribution >= 0.6 is 0 Å². The fourth-order valence-corrected chi connectivity index (χ4v) is 2.38. The molecule has 0 heterocycles. The van der Waals surface area contributed by atoms with E-state index in [1.54, 1.807) is 6.08 Å². The monoisotopic (exact) mass is 282 g/mol. The molecule has 2 heteroatoms. The highest BCUT2D eigenvalue weighted by Gasteiger charge is 1.94. The van der Waals surface area contributed by atoms with Gasteiger partial charge in [0.15, 0.2) is 6.29 Å². The maximum Gasteiger partial charge on any atom is 0.152 e. The van der Waals surface area contributed by atoms with Gasteiger partial charge < -0.3 is 9.90 Å². The third-order valence-corrected chi connectivity index (χ3v) is 3.70. The van der Waals surface area contributed by atoms with E-state index in [2.05, 4.69) is 6.92 Å². The van der Waals surface area contributed by atoms with Crippen molar-refractivity contribution in [3.05, 3.63) is 12.2 Å². The lowest BCUT2D eigenvalue weighted by molar-refractivity contribution is -0.112. The topological polar surface area (TPSA) is 37.3 Å². The lowest BCUT2D eigenvalue weighted by Gasteiger charge is -2.02. The zero-order chi connectivity index (χ0) is 14.9. The van der Waals surface area contributed by atoms with Gasteiger partial charge in [0.2, 0.25) is 0 Å². The van der Waals surface area contributed by atoms with Crippen molar-refractivity contribution >= 4 is 6.29 Å². The average Bonchev–Trinajstić information content (AvgIpc) is 2.47. The van der Waals surface area contributed by atoms with Crippen LogP contribution in [0.2, 0.25) is 0 Å². The third-order valence-electron chi connectivity index (χ3n) is 3.70. The molecule has 0 radical (unpaired) electrons. The van der Waals surface area contributed by atoms with Crippen molar-refractivity contribution in [3.8, 4) is 0 Å². The second kappa shape index (κ2) is 16.4. The summed E-state index contributed by atoms with van der Waals surface area (Å²) in [6, 6.07) is 0. The Bertz CT molecular complexity index is 223. The number of aliphatic hydroxyl groups is 1. The molecule has 1 unspecified atom stereocenters. The minimum atomic E-state index is -0.910. The van der Waals surface area contributed by atoms with Crippen molar-refractivity contribution in [2.24, 2.45) is 0 Å². The zero-order valence-electron chi connectivity index (χ0n) is 13.4. The maximum atomic E-state index is 10.2. The van der Waals surface area contributed by atoms with Gasteiger partial charge in [-0.25, -0.2) is 0 Å². The van der Waals surface area contributed by atoms with Gasteiger partial charge in [0.1, 0.15) is 6.10 Å². The summed E-state index contributed by atoms with van der Waals surface area (Å²) in [5, 5.41) is 8.99. The van der Waals surface area contributed by atoms with Crippen molar-refractivity contribution < 1.29 is 9.90 Å². The summed E-state index contributed by atoms with van der Waals surface area (Å²) in [7, 11) is 0. The molecule has 0 saturated carbocycles. The molecule has 0 rings (SSSR count). The second-order valence-electron chi connectivity index (χ2n) is 5.73. The molecule has 0 amide bonds. The zero-order valence-corrected chi connectivity index (χ0v) is 13.4. The smallest absolute Gasteiger partial charge is 0.152 e. The van der Waals surface area contributed by atoms with Crippen LogP contribution in [0.15, 0.2) is 12.2 Å². The number of allylic oxidation sites excluding steroid dienone is 1. The first kappa shape index (κ1) is 19.4. The summed E-state index contributed by atoms with van der Waals surface area (Å²) >= 11 is 0. The number of aliphatic hydroxyl groups excluding tert-OH is 1. The largest absolute Gasteiger partial charge is 0.382 e. The van der Waals surface area contributed by atoms with Crippen molar-refractivity contribution in [1.29, 1.82) is 0 Å². The molecule has 0 aliphatic carbocycles. The van der Waals surface area contributed by atoms with Crippen molar-refractivity contribution in [2.75, 3.05) is 0 Å². The third kappa shape index (κ3) is 15.4. The van der Waals surface area contributed by atoms with Crippen molar-refractivity contribution in [1.82, 2.24) is 0 Å². The van der Waals surface area contributed by atoms with Crippen LogP contribution in [-0.4, -0.2) is 17.5 Å². The standard InChI is InChI=1S/C18H34O2/c1-2-3-4-5-6-7-8-9-10-11-12-13-14-15-16-18(20)17-19/h15-18,20H,2-14H2,1H3/b16-15+. The summed E-state index contributed by atoms with van der Waals surface area (Å²) < 4.78 is 0. The van der Waals surface area contributed by atoms with Crippen molar-refractivity contribution in [2.45, 2.75) is 96.5 Å². The van der Waals surface area contributed by atoms with Crippen molar-refractivity contribution in [3.63, 3.8) is 0 Å². The lowest BCUT2D eigenvalue weighted by atomic mass is 10.0. The van der Waals surface area contributed by atoms with E-state index in [1.807, 2.05) is 6.08 Å². The van der Waals surface area contributed by atoms with E-state index < -0.39 is 6.10 Å². The van der Waals surface area contributed by atoms with E-state index in [0.717, 1.165) is 6.42 Å². The van der Waals surface area contributed by atoms with E-state index in [1.165, 1.54) is 77.0 Å². The van der Waals surface area contributed by atoms with E-state index in [0.29, 0.717) is 6.29 Å². The number of hydrogen-bond donors (Lipinski definition) is 1. The van der Waals surface area contributed by atoms with Gasteiger partial charge in [-0.3, -0.25) is 0 Å². The summed E-state index contributed by atoms with van der Waals surface area (Å²) in [5.74, 6) is 0. The number of carbonyl (C=O) groups is 1. The van der Waals surface area contributed by atoms with Gasteiger partial charge in [-0.15, -0.1) is 0 Å². The van der Waals surface area contributed by atoms with Crippen LogP contribution in [0, 0.1) is 0 Å². The predicted octanol–water partition coefficient (Wildman–Crippen LogP) is 5.19. The first-order chi connectivity index (χ1) is 9.81. The number of unbranched alkanes of at least 4 members (excludes halogenated alkanes) is 12. The highest BCUT2D eigenvalue weighted by Crippen LogP contribution is 2.12. The molecule has 0 bridgehead atoms. The molecule has 20 heavy (non-hydrogen) atoms. The van der Waals surface area contributed by atoms with Gasteiger partial charge in [0.05, 0.1) is 0 Å². The van der Waals surface area contributed by atoms with Gasteiger partial charge in [-0.2, -0.15) is 0 Å². The fourth-order valence-electron chi connectivity index (χ4n) is 2.38. The second-order valence-corrected chi connectivity index (χ2v) is 5.73. The van der Waals surface area contributed by atoms with Gasteiger partial charge >= 0.3 is 0 Å². The molecule has 0 spiro atoms. The van der Waals surface area contributed by atoms with E-state index in [4.69, 9.17) is 5.11 Å². The number of hydrogen-bond acceptors (Lipinski definition) is 2. The molecular weight excluding hydrogens is 248 g/mol. The molecular formula is C18H34O2. The Hall–Kier alpha value is -0.630. The van der Waals surface area contributed by atoms with Gasteiger partial charge in [0, 0.05) is 0 Å². The van der Waals surface area contributed by atoms with Crippen LogP contribution in [0.5, 0.6) is 0 Å². The molecule has 118 valence electrons. The Labute approximate surface area is 125 Å².